The first-order valence-electron chi connectivity index (χ1n) is 8.57. The molecule has 0 fully saturated rings. The number of carbonyl (C=O) groups excluding carboxylic acids is 2. The summed E-state index contributed by atoms with van der Waals surface area (Å²) >= 11 is 5.92. The van der Waals surface area contributed by atoms with E-state index in [0.717, 1.165) is 5.56 Å². The van der Waals surface area contributed by atoms with Crippen molar-refractivity contribution in [3.05, 3.63) is 101 Å². The van der Waals surface area contributed by atoms with E-state index in [4.69, 9.17) is 17.3 Å². The summed E-state index contributed by atoms with van der Waals surface area (Å²) in [7, 11) is 0. The number of rotatable bonds is 5. The number of halogens is 1. The minimum absolute atomic E-state index is 0.116. The van der Waals surface area contributed by atoms with Crippen LogP contribution in [-0.2, 0) is 11.3 Å². The average Bonchev–Trinajstić information content (AvgIpc) is 2.69. The molecule has 0 spiro atoms. The van der Waals surface area contributed by atoms with Crippen LogP contribution in [0.5, 0.6) is 5.75 Å². The summed E-state index contributed by atoms with van der Waals surface area (Å²) in [5.41, 5.74) is 6.09. The molecule has 5 nitrogen and oxygen atoms in total. The van der Waals surface area contributed by atoms with E-state index in [2.05, 4.69) is 0 Å². The van der Waals surface area contributed by atoms with Gasteiger partial charge in [-0.15, -0.1) is 0 Å². The third-order valence-electron chi connectivity index (χ3n) is 3.70. The van der Waals surface area contributed by atoms with Crippen LogP contribution in [0.1, 0.15) is 15.9 Å². The van der Waals surface area contributed by atoms with Crippen LogP contribution < -0.4 is 5.73 Å². The van der Waals surface area contributed by atoms with Gasteiger partial charge >= 0.3 is 0 Å². The van der Waals surface area contributed by atoms with Crippen LogP contribution in [0.4, 0.5) is 0 Å². The van der Waals surface area contributed by atoms with Crippen molar-refractivity contribution in [3.63, 3.8) is 0 Å². The van der Waals surface area contributed by atoms with Crippen molar-refractivity contribution in [2.45, 2.75) is 6.54 Å². The zero-order valence-corrected chi connectivity index (χ0v) is 15.9. The van der Waals surface area contributed by atoms with Crippen molar-refractivity contribution in [2.24, 2.45) is 5.73 Å². The molecule has 0 unspecified atom stereocenters. The van der Waals surface area contributed by atoms with E-state index in [1.54, 1.807) is 36.4 Å². The lowest BCUT2D eigenvalue weighted by molar-refractivity contribution is -0.118. The van der Waals surface area contributed by atoms with Gasteiger partial charge in [0.2, 0.25) is 5.91 Å². The van der Waals surface area contributed by atoms with E-state index in [9.17, 15) is 14.7 Å². The largest absolute Gasteiger partial charge is 0.507 e. The number of hydrogen-bond donors (Lipinski definition) is 2. The van der Waals surface area contributed by atoms with Crippen LogP contribution in [0.2, 0.25) is 5.02 Å². The van der Waals surface area contributed by atoms with Gasteiger partial charge in [0.1, 0.15) is 5.75 Å². The number of nitrogens with zero attached hydrogens (tertiary/aromatic N) is 1. The van der Waals surface area contributed by atoms with E-state index in [1.165, 1.54) is 17.0 Å². The van der Waals surface area contributed by atoms with Crippen LogP contribution in [-0.4, -0.2) is 28.4 Å². The van der Waals surface area contributed by atoms with Crippen LogP contribution in [0, 0.1) is 0 Å². The van der Waals surface area contributed by atoms with Gasteiger partial charge in [0.05, 0.1) is 12.1 Å². The molecule has 0 saturated carbocycles. The average molecular weight is 397 g/mol. The topological polar surface area (TPSA) is 83.6 Å². The highest BCUT2D eigenvalue weighted by molar-refractivity contribution is 6.30. The number of hydrogen-bond acceptors (Lipinski definition) is 3. The smallest absolute Gasteiger partial charge is 0.258 e. The number of benzene rings is 3. The predicted molar refractivity (Wildman–Crippen MR) is 110 cm³/mol. The molecular formula is C22H21ClN2O3. The Balaban J connectivity index is 0.000000397. The third kappa shape index (κ3) is 6.78. The molecule has 3 aromatic carbocycles. The Labute approximate surface area is 169 Å². The highest BCUT2D eigenvalue weighted by Crippen LogP contribution is 2.20. The molecule has 0 atom stereocenters. The van der Waals surface area contributed by atoms with Crippen molar-refractivity contribution in [3.8, 4) is 5.75 Å². The Morgan fingerprint density at radius 2 is 1.50 bits per heavy atom. The second kappa shape index (κ2) is 10.7. The van der Waals surface area contributed by atoms with E-state index < -0.39 is 11.8 Å². The molecule has 0 saturated heterocycles. The lowest BCUT2D eigenvalue weighted by Gasteiger charge is -2.22. The lowest BCUT2D eigenvalue weighted by atomic mass is 10.1. The molecule has 6 heteroatoms. The Kier molecular flexibility index (Phi) is 8.06. The van der Waals surface area contributed by atoms with Crippen molar-refractivity contribution in [1.29, 1.82) is 0 Å². The van der Waals surface area contributed by atoms with Crippen LogP contribution >= 0.6 is 11.6 Å². The van der Waals surface area contributed by atoms with E-state index in [1.807, 2.05) is 36.4 Å². The number of carbonyl (C=O) groups is 2. The fourth-order valence-corrected chi connectivity index (χ4v) is 2.67. The SMILES string of the molecule is NC(=O)CN(Cc1cccc(Cl)c1)C(=O)c1ccccc1O.c1ccccc1. The summed E-state index contributed by atoms with van der Waals surface area (Å²) in [5, 5.41) is 10.3. The quantitative estimate of drug-likeness (QED) is 0.686. The second-order valence-electron chi connectivity index (χ2n) is 5.93. The third-order valence-corrected chi connectivity index (χ3v) is 3.93. The first kappa shape index (κ1) is 21.0. The lowest BCUT2D eigenvalue weighted by Crippen LogP contribution is -2.38. The number of aromatic hydroxyl groups is 1. The first-order valence-corrected chi connectivity index (χ1v) is 8.95. The van der Waals surface area contributed by atoms with Gasteiger partial charge in [-0.3, -0.25) is 9.59 Å². The second-order valence-corrected chi connectivity index (χ2v) is 6.37. The summed E-state index contributed by atoms with van der Waals surface area (Å²) in [5.74, 6) is -1.25. The highest BCUT2D eigenvalue weighted by Gasteiger charge is 2.20. The highest BCUT2D eigenvalue weighted by atomic mass is 35.5. The summed E-state index contributed by atoms with van der Waals surface area (Å²) in [6, 6.07) is 25.1. The van der Waals surface area contributed by atoms with Gasteiger partial charge in [-0.1, -0.05) is 72.3 Å². The van der Waals surface area contributed by atoms with Crippen LogP contribution in [0.3, 0.4) is 0 Å². The Morgan fingerprint density at radius 1 is 0.893 bits per heavy atom. The molecule has 3 aromatic rings. The first-order chi connectivity index (χ1) is 13.5. The van der Waals surface area contributed by atoms with E-state index >= 15 is 0 Å². The molecule has 3 N–H and O–H groups in total. The van der Waals surface area contributed by atoms with Gasteiger partial charge in [0.25, 0.3) is 5.91 Å². The molecule has 0 aliphatic heterocycles. The van der Waals surface area contributed by atoms with Crippen molar-refractivity contribution < 1.29 is 14.7 Å². The molecule has 28 heavy (non-hydrogen) atoms. The van der Waals surface area contributed by atoms with Gasteiger partial charge in [-0.25, -0.2) is 0 Å². The maximum atomic E-state index is 12.5. The fourth-order valence-electron chi connectivity index (χ4n) is 2.45. The normalized spacial score (nSPS) is 9.75. The number of phenols is 1. The summed E-state index contributed by atoms with van der Waals surface area (Å²) in [6.45, 7) is -0.0870. The summed E-state index contributed by atoms with van der Waals surface area (Å²) in [4.78, 5) is 25.0. The van der Waals surface area contributed by atoms with Crippen LogP contribution in [0.25, 0.3) is 0 Å². The number of nitrogens with two attached hydrogens (primary N) is 1. The van der Waals surface area contributed by atoms with E-state index in [0.29, 0.717) is 5.02 Å². The maximum Gasteiger partial charge on any atom is 0.258 e. The molecule has 0 aromatic heterocycles. The molecule has 0 heterocycles. The predicted octanol–water partition coefficient (Wildman–Crippen LogP) is 3.86. The van der Waals surface area contributed by atoms with Gasteiger partial charge in [0.15, 0.2) is 0 Å². The number of amides is 2. The maximum absolute atomic E-state index is 12.5. The zero-order valence-electron chi connectivity index (χ0n) is 15.2. The molecule has 3 rings (SSSR count). The van der Waals surface area contributed by atoms with E-state index in [-0.39, 0.29) is 24.4 Å². The fraction of sp³-hybridized carbons (Fsp3) is 0.0909. The number of para-hydroxylation sites is 1. The van der Waals surface area contributed by atoms with Crippen molar-refractivity contribution >= 4 is 23.4 Å². The Morgan fingerprint density at radius 3 is 2.04 bits per heavy atom. The molecule has 2 amide bonds. The van der Waals surface area contributed by atoms with Crippen molar-refractivity contribution in [2.75, 3.05) is 6.54 Å². The molecule has 144 valence electrons. The summed E-state index contributed by atoms with van der Waals surface area (Å²) < 4.78 is 0. The molecule has 0 bridgehead atoms. The zero-order chi connectivity index (χ0) is 20.4. The minimum Gasteiger partial charge on any atom is -0.507 e. The van der Waals surface area contributed by atoms with Gasteiger partial charge < -0.3 is 15.7 Å². The monoisotopic (exact) mass is 396 g/mol. The molecule has 0 aliphatic rings. The number of primary amides is 1. The van der Waals surface area contributed by atoms with Gasteiger partial charge in [-0.05, 0) is 29.8 Å². The van der Waals surface area contributed by atoms with Gasteiger partial charge in [0, 0.05) is 11.6 Å². The molecule has 0 radical (unpaired) electrons. The minimum atomic E-state index is -0.634. The molecular weight excluding hydrogens is 376 g/mol. The van der Waals surface area contributed by atoms with Crippen LogP contribution in [0.15, 0.2) is 84.9 Å². The standard InChI is InChI=1S/C16H15ClN2O3.C6H6/c17-12-5-3-4-11(8-12)9-19(10-15(18)21)16(22)13-6-1-2-7-14(13)20;1-2-4-6-5-3-1/h1-8,20H,9-10H2,(H2,18,21);1-6H. The van der Waals surface area contributed by atoms with Crippen molar-refractivity contribution in [1.82, 2.24) is 4.90 Å². The Hall–Kier alpha value is -3.31. The number of phenolic OH excluding ortho intramolecular Hbond substituents is 1. The Bertz CT molecular complexity index is 890. The summed E-state index contributed by atoms with van der Waals surface area (Å²) in [6.07, 6.45) is 0. The molecule has 0 aliphatic carbocycles. The van der Waals surface area contributed by atoms with Gasteiger partial charge in [-0.2, -0.15) is 0 Å².